The Labute approximate surface area is 147 Å². The van der Waals surface area contributed by atoms with Gasteiger partial charge in [0.1, 0.15) is 0 Å². The molecule has 0 fully saturated rings. The molecule has 0 saturated heterocycles. The van der Waals surface area contributed by atoms with Gasteiger partial charge in [-0.1, -0.05) is 0 Å². The van der Waals surface area contributed by atoms with Crippen molar-refractivity contribution in [2.75, 3.05) is 39.6 Å². The number of hydrogen-bond donors (Lipinski definition) is 7. The Morgan fingerprint density at radius 1 is 0.731 bits per heavy atom. The standard InChI is InChI=1S/C6H15NO6.C6H8O7/c8-1-4-11-7(12-5-2-9)13-6-3-10;7-3(8)1-6(13,5(11)12)2-4(9)10/h8-10H,1-6H2;13H,1-2H2,(H,7,8)(H,9,10)(H,11,12). The van der Waals surface area contributed by atoms with Crippen LogP contribution >= 0.6 is 0 Å². The Kier molecular flexibility index (Phi) is 15.5. The van der Waals surface area contributed by atoms with E-state index in [4.69, 9.17) is 50.3 Å². The van der Waals surface area contributed by atoms with Crippen molar-refractivity contribution in [1.82, 2.24) is 5.39 Å². The minimum atomic E-state index is -2.74. The second-order valence-corrected chi connectivity index (χ2v) is 4.37. The van der Waals surface area contributed by atoms with Gasteiger partial charge in [0.05, 0.1) is 57.9 Å². The predicted molar refractivity (Wildman–Crippen MR) is 78.0 cm³/mol. The number of carboxylic acids is 3. The first kappa shape index (κ1) is 26.3. The van der Waals surface area contributed by atoms with E-state index in [0.29, 0.717) is 5.39 Å². The van der Waals surface area contributed by atoms with E-state index >= 15 is 0 Å². The average Bonchev–Trinajstić information content (AvgIpc) is 2.53. The van der Waals surface area contributed by atoms with E-state index in [1.165, 1.54) is 0 Å². The molecule has 0 bridgehead atoms. The molecule has 0 spiro atoms. The molecule has 26 heavy (non-hydrogen) atoms. The summed E-state index contributed by atoms with van der Waals surface area (Å²) in [5.74, 6) is -5.02. The van der Waals surface area contributed by atoms with Gasteiger partial charge in [0.25, 0.3) is 0 Å². The molecule has 0 aliphatic heterocycles. The molecule has 0 atom stereocenters. The molecular weight excluding hydrogens is 366 g/mol. The molecule has 0 aromatic heterocycles. The summed E-state index contributed by atoms with van der Waals surface area (Å²) in [6.07, 6.45) is -2.29. The van der Waals surface area contributed by atoms with Crippen molar-refractivity contribution in [3.05, 3.63) is 0 Å². The van der Waals surface area contributed by atoms with Gasteiger partial charge < -0.3 is 35.7 Å². The maximum absolute atomic E-state index is 10.3. The fourth-order valence-electron chi connectivity index (χ4n) is 1.17. The Balaban J connectivity index is 0. The van der Waals surface area contributed by atoms with Gasteiger partial charge in [-0.15, -0.1) is 0 Å². The lowest BCUT2D eigenvalue weighted by Gasteiger charge is -2.18. The largest absolute Gasteiger partial charge is 0.481 e. The summed E-state index contributed by atoms with van der Waals surface area (Å²) in [4.78, 5) is 44.6. The van der Waals surface area contributed by atoms with Gasteiger partial charge in [0, 0.05) is 0 Å². The van der Waals surface area contributed by atoms with Gasteiger partial charge in [0.2, 0.25) is 0 Å². The SMILES string of the molecule is O=C(O)CC(O)(CC(=O)O)C(=O)O.OCCON(OCCO)OCCO. The van der Waals surface area contributed by atoms with E-state index in [9.17, 15) is 14.4 Å². The predicted octanol–water partition coefficient (Wildman–Crippen LogP) is -3.19. The summed E-state index contributed by atoms with van der Waals surface area (Å²) in [5, 5.41) is 59.7. The Hall–Kier alpha value is -1.91. The van der Waals surface area contributed by atoms with E-state index < -0.39 is 36.4 Å². The zero-order valence-electron chi connectivity index (χ0n) is 13.7. The van der Waals surface area contributed by atoms with Crippen LogP contribution in [-0.2, 0) is 28.9 Å². The van der Waals surface area contributed by atoms with Crippen molar-refractivity contribution in [2.24, 2.45) is 0 Å². The summed E-state index contributed by atoms with van der Waals surface area (Å²) in [6, 6.07) is 0. The first-order valence-electron chi connectivity index (χ1n) is 7.03. The Morgan fingerprint density at radius 3 is 1.23 bits per heavy atom. The van der Waals surface area contributed by atoms with E-state index in [1.54, 1.807) is 0 Å². The lowest BCUT2D eigenvalue weighted by molar-refractivity contribution is -0.527. The van der Waals surface area contributed by atoms with Gasteiger partial charge in [0.15, 0.2) is 5.60 Å². The molecule has 14 nitrogen and oxygen atoms in total. The molecular formula is C12H23NO13. The van der Waals surface area contributed by atoms with Gasteiger partial charge in [-0.05, 0) is 0 Å². The monoisotopic (exact) mass is 389 g/mol. The third-order valence-electron chi connectivity index (χ3n) is 2.15. The van der Waals surface area contributed by atoms with Gasteiger partial charge in [-0.25, -0.2) is 19.3 Å². The third-order valence-corrected chi connectivity index (χ3v) is 2.15. The average molecular weight is 389 g/mol. The summed E-state index contributed by atoms with van der Waals surface area (Å²) in [5.41, 5.74) is -2.74. The first-order chi connectivity index (χ1) is 12.1. The van der Waals surface area contributed by atoms with Crippen molar-refractivity contribution in [3.63, 3.8) is 0 Å². The van der Waals surface area contributed by atoms with E-state index in [2.05, 4.69) is 0 Å². The third kappa shape index (κ3) is 14.4. The number of nitrogens with zero attached hydrogens (tertiary/aromatic N) is 1. The van der Waals surface area contributed by atoms with Crippen molar-refractivity contribution in [2.45, 2.75) is 18.4 Å². The van der Waals surface area contributed by atoms with Crippen LogP contribution in [0.4, 0.5) is 0 Å². The molecule has 0 heterocycles. The molecule has 0 amide bonds. The first-order valence-corrected chi connectivity index (χ1v) is 7.03. The van der Waals surface area contributed by atoms with Crippen LogP contribution in [0.15, 0.2) is 0 Å². The van der Waals surface area contributed by atoms with Gasteiger partial charge in [-0.2, -0.15) is 0 Å². The highest BCUT2D eigenvalue weighted by Gasteiger charge is 2.40. The number of aliphatic hydroxyl groups is 4. The number of hydrogen-bond acceptors (Lipinski definition) is 11. The molecule has 0 unspecified atom stereocenters. The van der Waals surface area contributed by atoms with Crippen LogP contribution in [0.5, 0.6) is 0 Å². The number of aliphatic hydroxyl groups excluding tert-OH is 3. The Bertz CT molecular complexity index is 381. The van der Waals surface area contributed by atoms with Crippen molar-refractivity contribution >= 4 is 17.9 Å². The molecule has 0 rings (SSSR count). The highest BCUT2D eigenvalue weighted by atomic mass is 17.2. The van der Waals surface area contributed by atoms with Crippen LogP contribution in [0.2, 0.25) is 0 Å². The van der Waals surface area contributed by atoms with Crippen LogP contribution < -0.4 is 0 Å². The van der Waals surface area contributed by atoms with Crippen LogP contribution in [0, 0.1) is 0 Å². The molecule has 0 saturated carbocycles. The maximum Gasteiger partial charge on any atom is 0.336 e. The molecule has 7 N–H and O–H groups in total. The molecule has 0 aromatic rings. The van der Waals surface area contributed by atoms with Crippen molar-refractivity contribution in [3.8, 4) is 0 Å². The highest BCUT2D eigenvalue weighted by Crippen LogP contribution is 2.15. The number of aliphatic carboxylic acids is 3. The van der Waals surface area contributed by atoms with Crippen LogP contribution in [-0.4, -0.2) is 104 Å². The van der Waals surface area contributed by atoms with Crippen LogP contribution in [0.1, 0.15) is 12.8 Å². The minimum absolute atomic E-state index is 0.0108. The maximum atomic E-state index is 10.3. The van der Waals surface area contributed by atoms with E-state index in [1.807, 2.05) is 0 Å². The van der Waals surface area contributed by atoms with Crippen LogP contribution in [0.3, 0.4) is 0 Å². The molecule has 0 aromatic carbocycles. The fraction of sp³-hybridized carbons (Fsp3) is 0.750. The van der Waals surface area contributed by atoms with Crippen LogP contribution in [0.25, 0.3) is 0 Å². The number of rotatable bonds is 14. The quantitative estimate of drug-likeness (QED) is 0.145. The molecule has 0 radical (unpaired) electrons. The summed E-state index contributed by atoms with van der Waals surface area (Å²) < 4.78 is 0. The Morgan fingerprint density at radius 2 is 1.04 bits per heavy atom. The number of carboxylic acid groups (broad SMARTS) is 3. The minimum Gasteiger partial charge on any atom is -0.481 e. The zero-order chi connectivity index (χ0) is 20.6. The normalized spacial score (nSPS) is 11.0. The summed E-state index contributed by atoms with van der Waals surface area (Å²) in [7, 11) is 0. The van der Waals surface area contributed by atoms with Gasteiger partial charge >= 0.3 is 17.9 Å². The smallest absolute Gasteiger partial charge is 0.336 e. The molecule has 14 heteroatoms. The lowest BCUT2D eigenvalue weighted by Crippen LogP contribution is -2.42. The summed E-state index contributed by atoms with van der Waals surface area (Å²) in [6.45, 7) is -0.505. The van der Waals surface area contributed by atoms with E-state index in [-0.39, 0.29) is 39.6 Å². The van der Waals surface area contributed by atoms with E-state index in [0.717, 1.165) is 0 Å². The fourth-order valence-corrected chi connectivity index (χ4v) is 1.17. The lowest BCUT2D eigenvalue weighted by atomic mass is 9.96. The topological polar surface area (TPSA) is 224 Å². The zero-order valence-corrected chi connectivity index (χ0v) is 13.7. The molecule has 154 valence electrons. The highest BCUT2D eigenvalue weighted by molar-refractivity contribution is 5.88. The van der Waals surface area contributed by atoms with Crippen molar-refractivity contribution in [1.29, 1.82) is 0 Å². The number of carbonyl (C=O) groups is 3. The second-order valence-electron chi connectivity index (χ2n) is 4.37. The molecule has 0 aliphatic rings. The summed E-state index contributed by atoms with van der Waals surface area (Å²) >= 11 is 0. The van der Waals surface area contributed by atoms with Crippen molar-refractivity contribution < 1.29 is 64.6 Å². The second kappa shape index (κ2) is 15.4. The molecule has 0 aliphatic carbocycles. The van der Waals surface area contributed by atoms with Gasteiger partial charge in [-0.3, -0.25) is 9.59 Å².